The fourth-order valence-corrected chi connectivity index (χ4v) is 13.3. The van der Waals surface area contributed by atoms with E-state index in [1.165, 1.54) is 173 Å². The molecule has 3 aliphatic heterocycles. The highest BCUT2D eigenvalue weighted by molar-refractivity contribution is 5.76. The number of carbonyl (C=O) groups excluding carboxylic acids is 1. The highest BCUT2D eigenvalue weighted by Crippen LogP contribution is 2.33. The van der Waals surface area contributed by atoms with Crippen molar-refractivity contribution in [3.05, 3.63) is 85.1 Å². The van der Waals surface area contributed by atoms with Crippen molar-refractivity contribution < 1.29 is 89.4 Å². The molecule has 12 N–H and O–H groups in total. The summed E-state index contributed by atoms with van der Waals surface area (Å²) in [4.78, 5) is 13.5. The van der Waals surface area contributed by atoms with Crippen LogP contribution in [0, 0.1) is 0 Å². The van der Waals surface area contributed by atoms with E-state index in [4.69, 9.17) is 28.4 Å². The van der Waals surface area contributed by atoms with Crippen molar-refractivity contribution in [3.8, 4) is 0 Å². The molecule has 0 aliphatic carbocycles. The number of carbonyl (C=O) groups is 1. The Bertz CT molecular complexity index is 2150. The van der Waals surface area contributed by atoms with Crippen LogP contribution < -0.4 is 5.32 Å². The Morgan fingerprint density at radius 3 is 1.07 bits per heavy atom. The smallest absolute Gasteiger partial charge is 0.220 e. The minimum atomic E-state index is -1.98. The van der Waals surface area contributed by atoms with Gasteiger partial charge in [0, 0.05) is 6.42 Å². The Kier molecular flexibility index (Phi) is 56.6. The van der Waals surface area contributed by atoms with Crippen LogP contribution in [-0.2, 0) is 33.2 Å². The molecular formula is C82H145NO18. The standard InChI is InChI=1S/C82H145NO18/c1-3-5-7-9-11-13-15-17-19-21-23-25-27-29-31-32-34-36-38-40-42-44-46-48-50-52-54-56-58-60-70(88)83-65(66(87)59-57-55-53-51-49-47-45-43-41-39-37-35-33-30-28-26-24-22-20-18-16-14-12-10-8-6-4-2)64-96-80-76(94)73(91)78(68(62-85)98-80)101-82-77(95)74(92)79(69(63-86)99-82)100-81-75(93)72(90)71(89)67(61-84)97-81/h5,7,11,13,17,19,23,25,29,31,34,36,57,59,65-69,71-82,84-87,89-95H,3-4,6,8-10,12,14-16,18,20-22,24,26-28,30,32-33,35,37-56,58,60-64H2,1-2H3,(H,83,88)/b7-5-,13-11-,19-17-,25-23-,31-29-,36-34-,59-57+. The lowest BCUT2D eigenvalue weighted by atomic mass is 9.96. The van der Waals surface area contributed by atoms with E-state index in [0.29, 0.717) is 6.42 Å². The molecule has 17 unspecified atom stereocenters. The number of allylic oxidation sites excluding steroid dienone is 13. The van der Waals surface area contributed by atoms with Crippen molar-refractivity contribution in [1.82, 2.24) is 5.32 Å². The summed E-state index contributed by atoms with van der Waals surface area (Å²) < 4.78 is 34.5. The van der Waals surface area contributed by atoms with Crippen molar-refractivity contribution >= 4 is 5.91 Å². The Balaban J connectivity index is 1.39. The van der Waals surface area contributed by atoms with E-state index < -0.39 is 124 Å². The van der Waals surface area contributed by atoms with Crippen LogP contribution in [0.1, 0.15) is 296 Å². The topological polar surface area (TPSA) is 307 Å². The van der Waals surface area contributed by atoms with E-state index in [1.54, 1.807) is 6.08 Å². The monoisotopic (exact) mass is 1430 g/mol. The number of nitrogens with one attached hydrogen (secondary N) is 1. The first-order valence-corrected chi connectivity index (χ1v) is 40.3. The lowest BCUT2D eigenvalue weighted by Crippen LogP contribution is -2.66. The van der Waals surface area contributed by atoms with Crippen molar-refractivity contribution in [2.75, 3.05) is 26.4 Å². The molecule has 19 nitrogen and oxygen atoms in total. The first kappa shape index (κ1) is 92.2. The van der Waals surface area contributed by atoms with Gasteiger partial charge in [0.15, 0.2) is 18.9 Å². The maximum absolute atomic E-state index is 13.5. The predicted octanol–water partition coefficient (Wildman–Crippen LogP) is 13.4. The molecule has 0 bridgehead atoms. The second kappa shape index (κ2) is 62.1. The summed E-state index contributed by atoms with van der Waals surface area (Å²) in [6.07, 6.45) is 55.6. The molecule has 0 spiro atoms. The van der Waals surface area contributed by atoms with Crippen LogP contribution in [0.2, 0.25) is 0 Å². The fraction of sp³-hybridized carbons (Fsp3) is 0.817. The third-order valence-corrected chi connectivity index (χ3v) is 19.7. The van der Waals surface area contributed by atoms with Gasteiger partial charge in [0.25, 0.3) is 0 Å². The first-order chi connectivity index (χ1) is 49.3. The second-order valence-electron chi connectivity index (χ2n) is 28.5. The van der Waals surface area contributed by atoms with E-state index >= 15 is 0 Å². The summed E-state index contributed by atoms with van der Waals surface area (Å²) in [6, 6.07) is -0.983. The maximum atomic E-state index is 13.5. The molecule has 0 aromatic heterocycles. The van der Waals surface area contributed by atoms with Gasteiger partial charge in [-0.3, -0.25) is 4.79 Å². The molecule has 3 rings (SSSR count). The lowest BCUT2D eigenvalue weighted by Gasteiger charge is -2.48. The average molecular weight is 1430 g/mol. The van der Waals surface area contributed by atoms with Crippen LogP contribution in [0.25, 0.3) is 0 Å². The van der Waals surface area contributed by atoms with Gasteiger partial charge in [0.05, 0.1) is 38.6 Å². The van der Waals surface area contributed by atoms with Gasteiger partial charge in [-0.15, -0.1) is 0 Å². The summed E-state index contributed by atoms with van der Waals surface area (Å²) in [7, 11) is 0. The highest BCUT2D eigenvalue weighted by atomic mass is 16.8. The summed E-state index contributed by atoms with van der Waals surface area (Å²) in [5.74, 6) is -0.280. The van der Waals surface area contributed by atoms with Gasteiger partial charge in [0.1, 0.15) is 73.2 Å². The zero-order valence-corrected chi connectivity index (χ0v) is 62.6. The minimum Gasteiger partial charge on any atom is -0.394 e. The molecule has 1 amide bonds. The minimum absolute atomic E-state index is 0.234. The molecule has 3 heterocycles. The molecule has 0 saturated carbocycles. The Morgan fingerprint density at radius 1 is 0.366 bits per heavy atom. The van der Waals surface area contributed by atoms with Crippen molar-refractivity contribution in [2.45, 2.75) is 401 Å². The fourth-order valence-electron chi connectivity index (χ4n) is 13.3. The first-order valence-electron chi connectivity index (χ1n) is 40.3. The van der Waals surface area contributed by atoms with Crippen LogP contribution in [0.5, 0.6) is 0 Å². The molecule has 0 radical (unpaired) electrons. The number of rotatable bonds is 63. The summed E-state index contributed by atoms with van der Waals surface area (Å²) in [6.45, 7) is 1.65. The molecule has 17 atom stereocenters. The number of hydrogen-bond acceptors (Lipinski definition) is 18. The third-order valence-electron chi connectivity index (χ3n) is 19.7. The SMILES string of the molecule is CC/C=C\C/C=C\C/C=C\C/C=C\C/C=C\C/C=C\CCCCCCCCCCCCC(=O)NC(COC1OC(CO)C(OC2OC(CO)C(OC3OC(CO)C(O)C(O)C3O)C(O)C2O)C(O)C1O)C(O)/C=C/CCCCCCCCCCCCCCCCCCCCCCCCCCC. The number of unbranched alkanes of at least 4 members (excludes halogenated alkanes) is 35. The molecule has 586 valence electrons. The zero-order chi connectivity index (χ0) is 73.2. The van der Waals surface area contributed by atoms with E-state index in [9.17, 15) is 61.0 Å². The van der Waals surface area contributed by atoms with E-state index in [1.807, 2.05) is 6.08 Å². The van der Waals surface area contributed by atoms with Gasteiger partial charge >= 0.3 is 0 Å². The number of hydrogen-bond donors (Lipinski definition) is 12. The van der Waals surface area contributed by atoms with Gasteiger partial charge in [-0.05, 0) is 70.6 Å². The van der Waals surface area contributed by atoms with E-state index in [-0.39, 0.29) is 18.9 Å². The molecule has 3 fully saturated rings. The molecule has 0 aromatic carbocycles. The number of amides is 1. The highest BCUT2D eigenvalue weighted by Gasteiger charge is 2.54. The Hall–Kier alpha value is -3.03. The van der Waals surface area contributed by atoms with Crippen LogP contribution in [0.3, 0.4) is 0 Å². The van der Waals surface area contributed by atoms with Crippen molar-refractivity contribution in [1.29, 1.82) is 0 Å². The predicted molar refractivity (Wildman–Crippen MR) is 401 cm³/mol. The summed E-state index contributed by atoms with van der Waals surface area (Å²) in [5, 5.41) is 121. The molecule has 3 aliphatic rings. The van der Waals surface area contributed by atoms with E-state index in [2.05, 4.69) is 92.1 Å². The Morgan fingerprint density at radius 2 is 0.683 bits per heavy atom. The average Bonchev–Trinajstić information content (AvgIpc) is 0.796. The van der Waals surface area contributed by atoms with Crippen LogP contribution >= 0.6 is 0 Å². The molecular weight excluding hydrogens is 1290 g/mol. The van der Waals surface area contributed by atoms with Gasteiger partial charge in [-0.2, -0.15) is 0 Å². The van der Waals surface area contributed by atoms with Crippen molar-refractivity contribution in [2.24, 2.45) is 0 Å². The Labute approximate surface area is 610 Å². The van der Waals surface area contributed by atoms with Gasteiger partial charge in [-0.25, -0.2) is 0 Å². The van der Waals surface area contributed by atoms with Gasteiger partial charge in [0.2, 0.25) is 5.91 Å². The second-order valence-corrected chi connectivity index (χ2v) is 28.5. The largest absolute Gasteiger partial charge is 0.394 e. The molecule has 0 aromatic rings. The normalized spacial score (nSPS) is 26.8. The van der Waals surface area contributed by atoms with Gasteiger partial charge in [-0.1, -0.05) is 304 Å². The molecule has 3 saturated heterocycles. The van der Waals surface area contributed by atoms with E-state index in [0.717, 1.165) is 96.3 Å². The number of aliphatic hydroxyl groups is 11. The molecule has 101 heavy (non-hydrogen) atoms. The van der Waals surface area contributed by atoms with Crippen LogP contribution in [0.15, 0.2) is 85.1 Å². The molecule has 19 heteroatoms. The zero-order valence-electron chi connectivity index (χ0n) is 62.6. The van der Waals surface area contributed by atoms with Crippen LogP contribution in [0.4, 0.5) is 0 Å². The summed E-state index contributed by atoms with van der Waals surface area (Å²) in [5.41, 5.74) is 0. The number of aliphatic hydroxyl groups excluding tert-OH is 11. The van der Waals surface area contributed by atoms with Crippen LogP contribution in [-0.4, -0.2) is 193 Å². The maximum Gasteiger partial charge on any atom is 0.220 e. The van der Waals surface area contributed by atoms with Crippen molar-refractivity contribution in [3.63, 3.8) is 0 Å². The van der Waals surface area contributed by atoms with Gasteiger partial charge < -0.3 is 89.9 Å². The summed E-state index contributed by atoms with van der Waals surface area (Å²) >= 11 is 0. The number of ether oxygens (including phenoxy) is 6. The lowest BCUT2D eigenvalue weighted by molar-refractivity contribution is -0.379. The third kappa shape index (κ3) is 42.2. The quantitative estimate of drug-likeness (QED) is 0.0199.